The third kappa shape index (κ3) is 5.09. The summed E-state index contributed by atoms with van der Waals surface area (Å²) < 4.78 is 29.5. The average Bonchev–Trinajstić information content (AvgIpc) is 2.63. The molecule has 1 N–H and O–H groups in total. The minimum Gasteiger partial charge on any atom is -0.417 e. The number of pyridine rings is 1. The van der Waals surface area contributed by atoms with Crippen molar-refractivity contribution in [2.45, 2.75) is 39.5 Å². The standard InChI is InChI=1S/C18H19F2N5O3/c1-11(2)18(3,10-21)23-14(26)9-25-16(27)7-5-13(24-25)12-4-6-15(22-8-12)28-17(19)20/h4-8,11,17H,9H2,1-3H3,(H,23,26)/t18-/m1/s1. The maximum absolute atomic E-state index is 12.3. The van der Waals surface area contributed by atoms with Crippen LogP contribution in [0.3, 0.4) is 0 Å². The number of alkyl halides is 2. The van der Waals surface area contributed by atoms with Crippen LogP contribution in [0.4, 0.5) is 8.78 Å². The molecule has 0 aliphatic rings. The van der Waals surface area contributed by atoms with Crippen LogP contribution in [0.2, 0.25) is 0 Å². The molecule has 2 aromatic heterocycles. The lowest BCUT2D eigenvalue weighted by molar-refractivity contribution is -0.123. The van der Waals surface area contributed by atoms with Crippen molar-refractivity contribution in [3.8, 4) is 23.2 Å². The number of hydrogen-bond donors (Lipinski definition) is 1. The first-order chi connectivity index (χ1) is 13.1. The maximum Gasteiger partial charge on any atom is 0.388 e. The van der Waals surface area contributed by atoms with Crippen LogP contribution in [0.25, 0.3) is 11.3 Å². The number of aromatic nitrogens is 3. The Bertz CT molecular complexity index is 937. The Kier molecular flexibility index (Phi) is 6.41. The predicted molar refractivity (Wildman–Crippen MR) is 95.4 cm³/mol. The Labute approximate surface area is 159 Å². The highest BCUT2D eigenvalue weighted by Crippen LogP contribution is 2.18. The fourth-order valence-electron chi connectivity index (χ4n) is 2.18. The Hall–Kier alpha value is -3.35. The molecular weight excluding hydrogens is 372 g/mol. The van der Waals surface area contributed by atoms with E-state index in [1.807, 2.05) is 0 Å². The molecule has 0 bridgehead atoms. The van der Waals surface area contributed by atoms with Gasteiger partial charge in [0.2, 0.25) is 11.8 Å². The summed E-state index contributed by atoms with van der Waals surface area (Å²) in [5, 5.41) is 16.0. The van der Waals surface area contributed by atoms with Crippen LogP contribution in [-0.2, 0) is 11.3 Å². The molecule has 2 heterocycles. The quantitative estimate of drug-likeness (QED) is 0.773. The van der Waals surface area contributed by atoms with Crippen LogP contribution in [0.5, 0.6) is 5.88 Å². The molecule has 0 radical (unpaired) electrons. The molecule has 2 rings (SSSR count). The van der Waals surface area contributed by atoms with Crippen LogP contribution >= 0.6 is 0 Å². The number of nitrogens with zero attached hydrogens (tertiary/aromatic N) is 4. The number of nitriles is 1. The number of carbonyl (C=O) groups is 1. The zero-order valence-corrected chi connectivity index (χ0v) is 15.5. The van der Waals surface area contributed by atoms with E-state index in [9.17, 15) is 23.6 Å². The summed E-state index contributed by atoms with van der Waals surface area (Å²) in [6.07, 6.45) is 1.26. The van der Waals surface area contributed by atoms with Gasteiger partial charge >= 0.3 is 6.61 Å². The van der Waals surface area contributed by atoms with Gasteiger partial charge in [0.1, 0.15) is 12.1 Å². The van der Waals surface area contributed by atoms with Crippen molar-refractivity contribution in [1.29, 1.82) is 5.26 Å². The van der Waals surface area contributed by atoms with Crippen molar-refractivity contribution in [2.75, 3.05) is 0 Å². The molecule has 148 valence electrons. The summed E-state index contributed by atoms with van der Waals surface area (Å²) in [5.74, 6) is -0.934. The van der Waals surface area contributed by atoms with E-state index in [1.54, 1.807) is 20.8 Å². The monoisotopic (exact) mass is 391 g/mol. The molecule has 28 heavy (non-hydrogen) atoms. The van der Waals surface area contributed by atoms with Crippen LogP contribution in [0.1, 0.15) is 20.8 Å². The zero-order valence-electron chi connectivity index (χ0n) is 15.5. The second kappa shape index (κ2) is 8.56. The summed E-state index contributed by atoms with van der Waals surface area (Å²) in [5.41, 5.74) is -0.828. The van der Waals surface area contributed by atoms with E-state index in [0.717, 1.165) is 4.68 Å². The summed E-state index contributed by atoms with van der Waals surface area (Å²) in [4.78, 5) is 28.0. The molecule has 0 fully saturated rings. The first-order valence-electron chi connectivity index (χ1n) is 8.36. The minimum atomic E-state index is -2.98. The van der Waals surface area contributed by atoms with Crippen molar-refractivity contribution in [3.63, 3.8) is 0 Å². The van der Waals surface area contributed by atoms with Gasteiger partial charge in [-0.05, 0) is 25.0 Å². The number of hydrogen-bond acceptors (Lipinski definition) is 6. The van der Waals surface area contributed by atoms with Gasteiger partial charge in [-0.25, -0.2) is 9.67 Å². The van der Waals surface area contributed by atoms with E-state index in [-0.39, 0.29) is 18.3 Å². The number of rotatable bonds is 7. The van der Waals surface area contributed by atoms with Gasteiger partial charge in [0.05, 0.1) is 11.8 Å². The van der Waals surface area contributed by atoms with Crippen LogP contribution < -0.4 is 15.6 Å². The Morgan fingerprint density at radius 3 is 2.61 bits per heavy atom. The highest BCUT2D eigenvalue weighted by Gasteiger charge is 2.30. The molecule has 0 spiro atoms. The van der Waals surface area contributed by atoms with E-state index < -0.39 is 23.6 Å². The highest BCUT2D eigenvalue weighted by molar-refractivity contribution is 5.77. The van der Waals surface area contributed by atoms with Crippen LogP contribution in [0, 0.1) is 17.2 Å². The Morgan fingerprint density at radius 1 is 1.36 bits per heavy atom. The predicted octanol–water partition coefficient (Wildman–Crippen LogP) is 1.96. The number of nitrogens with one attached hydrogen (secondary N) is 1. The fourth-order valence-corrected chi connectivity index (χ4v) is 2.18. The molecule has 1 amide bonds. The lowest BCUT2D eigenvalue weighted by atomic mass is 9.90. The van der Waals surface area contributed by atoms with E-state index in [0.29, 0.717) is 11.3 Å². The maximum atomic E-state index is 12.3. The summed E-state index contributed by atoms with van der Waals surface area (Å²) >= 11 is 0. The second-order valence-electron chi connectivity index (χ2n) is 6.50. The molecule has 8 nitrogen and oxygen atoms in total. The van der Waals surface area contributed by atoms with Gasteiger partial charge < -0.3 is 10.1 Å². The van der Waals surface area contributed by atoms with Crippen molar-refractivity contribution in [1.82, 2.24) is 20.1 Å². The van der Waals surface area contributed by atoms with E-state index in [4.69, 9.17) is 0 Å². The molecule has 0 aliphatic carbocycles. The van der Waals surface area contributed by atoms with Crippen LogP contribution in [0.15, 0.2) is 35.3 Å². The van der Waals surface area contributed by atoms with Gasteiger partial charge in [-0.3, -0.25) is 9.59 Å². The molecule has 0 saturated heterocycles. The molecule has 10 heteroatoms. The normalized spacial score (nSPS) is 13.1. The lowest BCUT2D eigenvalue weighted by Crippen LogP contribution is -2.50. The zero-order chi connectivity index (χ0) is 20.9. The van der Waals surface area contributed by atoms with Gasteiger partial charge in [-0.1, -0.05) is 13.8 Å². The third-order valence-corrected chi connectivity index (χ3v) is 4.19. The van der Waals surface area contributed by atoms with Gasteiger partial charge in [-0.15, -0.1) is 0 Å². The topological polar surface area (TPSA) is 110 Å². The number of carbonyl (C=O) groups excluding carboxylic acids is 1. The van der Waals surface area contributed by atoms with E-state index in [2.05, 4.69) is 26.2 Å². The van der Waals surface area contributed by atoms with Crippen molar-refractivity contribution in [3.05, 3.63) is 40.8 Å². The molecule has 0 aliphatic heterocycles. The first-order valence-corrected chi connectivity index (χ1v) is 8.36. The number of halogens is 2. The molecule has 0 unspecified atom stereocenters. The minimum absolute atomic E-state index is 0.141. The molecular formula is C18H19F2N5O3. The number of ether oxygens (including phenoxy) is 1. The Morgan fingerprint density at radius 2 is 2.07 bits per heavy atom. The summed E-state index contributed by atoms with van der Waals surface area (Å²) in [7, 11) is 0. The fraction of sp³-hybridized carbons (Fsp3) is 0.389. The van der Waals surface area contributed by atoms with Crippen molar-refractivity contribution in [2.24, 2.45) is 5.92 Å². The van der Waals surface area contributed by atoms with Crippen LogP contribution in [-0.4, -0.2) is 32.8 Å². The van der Waals surface area contributed by atoms with E-state index in [1.165, 1.54) is 30.5 Å². The average molecular weight is 391 g/mol. The third-order valence-electron chi connectivity index (χ3n) is 4.19. The van der Waals surface area contributed by atoms with Gasteiger partial charge in [-0.2, -0.15) is 19.1 Å². The van der Waals surface area contributed by atoms with Gasteiger partial charge in [0.25, 0.3) is 5.56 Å². The second-order valence-corrected chi connectivity index (χ2v) is 6.50. The van der Waals surface area contributed by atoms with Crippen molar-refractivity contribution < 1.29 is 18.3 Å². The van der Waals surface area contributed by atoms with E-state index >= 15 is 0 Å². The van der Waals surface area contributed by atoms with Gasteiger partial charge in [0.15, 0.2) is 0 Å². The summed E-state index contributed by atoms with van der Waals surface area (Å²) in [6.45, 7) is 1.82. The Balaban J connectivity index is 2.20. The molecule has 0 aromatic carbocycles. The molecule has 2 aromatic rings. The SMILES string of the molecule is CC(C)[C@@](C)(C#N)NC(=O)Cn1nc(-c2ccc(OC(F)F)nc2)ccc1=O. The largest absolute Gasteiger partial charge is 0.417 e. The van der Waals surface area contributed by atoms with Crippen molar-refractivity contribution >= 4 is 5.91 Å². The number of amides is 1. The van der Waals surface area contributed by atoms with Gasteiger partial charge in [0, 0.05) is 23.9 Å². The smallest absolute Gasteiger partial charge is 0.388 e. The highest BCUT2D eigenvalue weighted by atomic mass is 19.3. The lowest BCUT2D eigenvalue weighted by Gasteiger charge is -2.27. The molecule has 1 atom stereocenters. The first kappa shape index (κ1) is 21.0. The summed E-state index contributed by atoms with van der Waals surface area (Å²) in [6, 6.07) is 7.40. The molecule has 0 saturated carbocycles.